The quantitative estimate of drug-likeness (QED) is 0.524. The number of nitrogens with zero attached hydrogens (tertiary/aromatic N) is 2. The first kappa shape index (κ1) is 23.9. The second kappa shape index (κ2) is 9.34. The average molecular weight is 512 g/mol. The smallest absolute Gasteiger partial charge is 0.323 e. The highest BCUT2D eigenvalue weighted by atomic mass is 32.2. The molecular formula is C26H23F2N3O4S. The van der Waals surface area contributed by atoms with Crippen LogP contribution in [-0.4, -0.2) is 43.4 Å². The first-order valence-electron chi connectivity index (χ1n) is 11.2. The Kier molecular flexibility index (Phi) is 6.21. The van der Waals surface area contributed by atoms with Crippen LogP contribution in [0.15, 0.2) is 60.7 Å². The fourth-order valence-corrected chi connectivity index (χ4v) is 6.04. The number of halogens is 2. The lowest BCUT2D eigenvalue weighted by Crippen LogP contribution is -2.51. The van der Waals surface area contributed by atoms with Gasteiger partial charge < -0.3 is 19.7 Å². The van der Waals surface area contributed by atoms with Crippen LogP contribution in [0, 0.1) is 11.6 Å². The molecule has 0 aromatic heterocycles. The lowest BCUT2D eigenvalue weighted by molar-refractivity contribution is -0.123. The monoisotopic (exact) mass is 511 g/mol. The molecule has 1 atom stereocenters. The second-order valence-corrected chi connectivity index (χ2v) is 9.62. The second-order valence-electron chi connectivity index (χ2n) is 8.33. The van der Waals surface area contributed by atoms with E-state index in [0.29, 0.717) is 46.3 Å². The van der Waals surface area contributed by atoms with Gasteiger partial charge in [-0.3, -0.25) is 9.69 Å². The summed E-state index contributed by atoms with van der Waals surface area (Å²) in [5.41, 5.74) is 2.15. The number of methoxy groups -OCH3 is 2. The highest BCUT2D eigenvalue weighted by Crippen LogP contribution is 2.55. The van der Waals surface area contributed by atoms with E-state index in [4.69, 9.17) is 9.47 Å². The Morgan fingerprint density at radius 1 is 1.03 bits per heavy atom. The number of benzene rings is 3. The third-order valence-electron chi connectivity index (χ3n) is 6.29. The Labute approximate surface area is 211 Å². The summed E-state index contributed by atoms with van der Waals surface area (Å²) in [5.74, 6) is -0.622. The van der Waals surface area contributed by atoms with Crippen LogP contribution < -0.4 is 19.7 Å². The van der Waals surface area contributed by atoms with Crippen molar-refractivity contribution in [1.82, 2.24) is 4.90 Å². The van der Waals surface area contributed by atoms with Gasteiger partial charge in [-0.05, 0) is 48.0 Å². The molecule has 1 N–H and O–H groups in total. The molecule has 186 valence electrons. The van der Waals surface area contributed by atoms with Gasteiger partial charge in [-0.25, -0.2) is 13.6 Å². The van der Waals surface area contributed by atoms with Crippen LogP contribution >= 0.6 is 11.8 Å². The molecule has 0 bridgehead atoms. The maximum Gasteiger partial charge on any atom is 0.323 e. The summed E-state index contributed by atoms with van der Waals surface area (Å²) in [6.07, 6.45) is 0. The summed E-state index contributed by atoms with van der Waals surface area (Å²) in [5, 5.41) is 2.87. The SMILES string of the molecule is COc1cccc(NC(=O)N2CCSC23C(=O)N(Cc2ccc(F)c(F)c2)c2ccc(OC)cc23)c1. The molecule has 1 saturated heterocycles. The number of urea groups is 1. The number of thioether (sulfide) groups is 1. The van der Waals surface area contributed by atoms with Crippen molar-refractivity contribution in [3.63, 3.8) is 0 Å². The van der Waals surface area contributed by atoms with E-state index in [-0.39, 0.29) is 12.5 Å². The molecule has 0 aliphatic carbocycles. The molecule has 1 fully saturated rings. The Morgan fingerprint density at radius 2 is 1.81 bits per heavy atom. The number of amides is 3. The van der Waals surface area contributed by atoms with Gasteiger partial charge in [0.2, 0.25) is 0 Å². The first-order chi connectivity index (χ1) is 17.4. The Balaban J connectivity index is 1.53. The van der Waals surface area contributed by atoms with Gasteiger partial charge in [0.1, 0.15) is 11.5 Å². The van der Waals surface area contributed by atoms with Crippen LogP contribution in [-0.2, 0) is 16.2 Å². The number of anilines is 2. The van der Waals surface area contributed by atoms with Crippen LogP contribution in [0.3, 0.4) is 0 Å². The number of rotatable bonds is 5. The van der Waals surface area contributed by atoms with E-state index < -0.39 is 22.5 Å². The van der Waals surface area contributed by atoms with Crippen molar-refractivity contribution < 1.29 is 27.8 Å². The Bertz CT molecular complexity index is 1350. The summed E-state index contributed by atoms with van der Waals surface area (Å²) >= 11 is 1.36. The van der Waals surface area contributed by atoms with Gasteiger partial charge in [0, 0.05) is 29.6 Å². The molecular weight excluding hydrogens is 488 g/mol. The normalized spacial score (nSPS) is 18.5. The standard InChI is InChI=1S/C26H23F2N3O4S/c1-34-18-5-3-4-17(13-18)29-25(33)31-10-11-36-26(31)20-14-19(35-2)7-9-23(20)30(24(26)32)15-16-6-8-21(27)22(28)12-16/h3-9,12-14H,10-11,15H2,1-2H3,(H,29,33). The highest BCUT2D eigenvalue weighted by molar-refractivity contribution is 8.01. The number of ether oxygens (including phenoxy) is 2. The van der Waals surface area contributed by atoms with Gasteiger partial charge in [-0.15, -0.1) is 11.8 Å². The zero-order valence-electron chi connectivity index (χ0n) is 19.6. The van der Waals surface area contributed by atoms with Gasteiger partial charge in [-0.2, -0.15) is 0 Å². The zero-order chi connectivity index (χ0) is 25.4. The van der Waals surface area contributed by atoms with Crippen molar-refractivity contribution in [2.24, 2.45) is 0 Å². The Hall–Kier alpha value is -3.79. The van der Waals surface area contributed by atoms with Crippen LogP contribution in [0.1, 0.15) is 11.1 Å². The summed E-state index contributed by atoms with van der Waals surface area (Å²) in [7, 11) is 3.06. The van der Waals surface area contributed by atoms with Gasteiger partial charge >= 0.3 is 6.03 Å². The molecule has 7 nitrogen and oxygen atoms in total. The fraction of sp³-hybridized carbons (Fsp3) is 0.231. The van der Waals surface area contributed by atoms with E-state index in [9.17, 15) is 18.4 Å². The molecule has 36 heavy (non-hydrogen) atoms. The molecule has 0 radical (unpaired) electrons. The van der Waals surface area contributed by atoms with Crippen molar-refractivity contribution >= 4 is 35.1 Å². The fourth-order valence-electron chi connectivity index (χ4n) is 4.59. The molecule has 10 heteroatoms. The molecule has 3 aromatic carbocycles. The molecule has 2 heterocycles. The minimum absolute atomic E-state index is 0.0169. The maximum atomic E-state index is 14.1. The lowest BCUT2D eigenvalue weighted by atomic mass is 10.1. The Morgan fingerprint density at radius 3 is 2.56 bits per heavy atom. The van der Waals surface area contributed by atoms with Gasteiger partial charge in [-0.1, -0.05) is 12.1 Å². The molecule has 3 aromatic rings. The third-order valence-corrected chi connectivity index (χ3v) is 7.71. The summed E-state index contributed by atoms with van der Waals surface area (Å²) < 4.78 is 38.0. The van der Waals surface area contributed by atoms with Crippen LogP contribution in [0.2, 0.25) is 0 Å². The van der Waals surface area contributed by atoms with Crippen molar-refractivity contribution in [2.45, 2.75) is 11.4 Å². The van der Waals surface area contributed by atoms with Crippen molar-refractivity contribution in [2.75, 3.05) is 36.7 Å². The number of carbonyl (C=O) groups excluding carboxylic acids is 2. The molecule has 1 unspecified atom stereocenters. The first-order valence-corrected chi connectivity index (χ1v) is 12.2. The number of hydrogen-bond donors (Lipinski definition) is 1. The summed E-state index contributed by atoms with van der Waals surface area (Å²) in [4.78, 5) is 29.3. The lowest BCUT2D eigenvalue weighted by Gasteiger charge is -2.33. The highest BCUT2D eigenvalue weighted by Gasteiger charge is 2.59. The molecule has 3 amide bonds. The molecule has 2 aliphatic heterocycles. The number of fused-ring (bicyclic) bond motifs is 2. The largest absolute Gasteiger partial charge is 0.497 e. The average Bonchev–Trinajstić information content (AvgIpc) is 3.43. The van der Waals surface area contributed by atoms with Crippen molar-refractivity contribution in [3.05, 3.63) is 83.4 Å². The predicted octanol–water partition coefficient (Wildman–Crippen LogP) is 4.96. The van der Waals surface area contributed by atoms with Gasteiger partial charge in [0.05, 0.1) is 26.5 Å². The molecule has 0 saturated carbocycles. The molecule has 5 rings (SSSR count). The number of hydrogen-bond acceptors (Lipinski definition) is 5. The van der Waals surface area contributed by atoms with E-state index in [1.54, 1.807) is 42.5 Å². The predicted molar refractivity (Wildman–Crippen MR) is 133 cm³/mol. The van der Waals surface area contributed by atoms with E-state index in [1.165, 1.54) is 41.8 Å². The molecule has 2 aliphatic rings. The van der Waals surface area contributed by atoms with Gasteiger partial charge in [0.15, 0.2) is 16.5 Å². The van der Waals surface area contributed by atoms with E-state index in [1.807, 2.05) is 0 Å². The van der Waals surface area contributed by atoms with Crippen LogP contribution in [0.4, 0.5) is 25.0 Å². The third kappa shape index (κ3) is 3.91. The number of nitrogens with one attached hydrogen (secondary N) is 1. The van der Waals surface area contributed by atoms with Crippen LogP contribution in [0.5, 0.6) is 11.5 Å². The van der Waals surface area contributed by atoms with Crippen LogP contribution in [0.25, 0.3) is 0 Å². The number of carbonyl (C=O) groups is 2. The van der Waals surface area contributed by atoms with E-state index >= 15 is 0 Å². The summed E-state index contributed by atoms with van der Waals surface area (Å²) in [6, 6.07) is 15.3. The minimum atomic E-state index is -1.33. The van der Waals surface area contributed by atoms with Crippen molar-refractivity contribution in [3.8, 4) is 11.5 Å². The van der Waals surface area contributed by atoms with E-state index in [2.05, 4.69) is 5.32 Å². The zero-order valence-corrected chi connectivity index (χ0v) is 20.4. The summed E-state index contributed by atoms with van der Waals surface area (Å²) in [6.45, 7) is 0.352. The maximum absolute atomic E-state index is 14.1. The molecule has 1 spiro atoms. The minimum Gasteiger partial charge on any atom is -0.497 e. The van der Waals surface area contributed by atoms with E-state index in [0.717, 1.165) is 12.1 Å². The topological polar surface area (TPSA) is 71.1 Å². The van der Waals surface area contributed by atoms with Gasteiger partial charge in [0.25, 0.3) is 5.91 Å². The van der Waals surface area contributed by atoms with Crippen molar-refractivity contribution in [1.29, 1.82) is 0 Å².